The summed E-state index contributed by atoms with van der Waals surface area (Å²) >= 11 is 13.3. The number of amides is 1. The van der Waals surface area contributed by atoms with Crippen molar-refractivity contribution in [2.45, 2.75) is 33.2 Å². The van der Waals surface area contributed by atoms with Crippen LogP contribution < -0.4 is 10.9 Å². The summed E-state index contributed by atoms with van der Waals surface area (Å²) in [6, 6.07) is 5.02. The maximum absolute atomic E-state index is 12.7. The van der Waals surface area contributed by atoms with Crippen molar-refractivity contribution < 1.29 is 4.79 Å². The third-order valence-corrected chi connectivity index (χ3v) is 6.09. The van der Waals surface area contributed by atoms with Crippen LogP contribution in [-0.4, -0.2) is 15.5 Å². The average molecular weight is 410 g/mol. The lowest BCUT2D eigenvalue weighted by atomic mass is 10.2. The molecule has 26 heavy (non-hydrogen) atoms. The van der Waals surface area contributed by atoms with Crippen LogP contribution in [0, 0.1) is 6.92 Å². The van der Waals surface area contributed by atoms with Gasteiger partial charge in [-0.3, -0.25) is 14.2 Å². The van der Waals surface area contributed by atoms with Crippen molar-refractivity contribution in [3.05, 3.63) is 55.4 Å². The minimum Gasteiger partial charge on any atom is -0.320 e. The SMILES string of the molecule is CCCCn1cnc2sc(C(=O)Nc3cccc(Cl)c3Cl)c(C)c2c1=O. The van der Waals surface area contributed by atoms with Crippen LogP contribution in [0.15, 0.2) is 29.3 Å². The molecular formula is C18H17Cl2N3O2S. The summed E-state index contributed by atoms with van der Waals surface area (Å²) in [5.74, 6) is -0.339. The lowest BCUT2D eigenvalue weighted by Crippen LogP contribution is -2.20. The number of hydrogen-bond donors (Lipinski definition) is 1. The molecule has 1 aromatic carbocycles. The van der Waals surface area contributed by atoms with E-state index in [1.165, 1.54) is 11.3 Å². The van der Waals surface area contributed by atoms with Gasteiger partial charge in [-0.25, -0.2) is 4.98 Å². The molecule has 0 spiro atoms. The summed E-state index contributed by atoms with van der Waals surface area (Å²) in [6.45, 7) is 4.45. The van der Waals surface area contributed by atoms with Gasteiger partial charge in [0.15, 0.2) is 0 Å². The van der Waals surface area contributed by atoms with Crippen molar-refractivity contribution >= 4 is 56.3 Å². The highest BCUT2D eigenvalue weighted by Gasteiger charge is 2.20. The lowest BCUT2D eigenvalue weighted by molar-refractivity contribution is 0.103. The lowest BCUT2D eigenvalue weighted by Gasteiger charge is -2.07. The third kappa shape index (κ3) is 3.49. The number of aryl methyl sites for hydroxylation is 2. The van der Waals surface area contributed by atoms with Gasteiger partial charge in [0, 0.05) is 6.54 Å². The van der Waals surface area contributed by atoms with Crippen molar-refractivity contribution in [3.8, 4) is 0 Å². The normalized spacial score (nSPS) is 11.1. The zero-order valence-corrected chi connectivity index (χ0v) is 16.6. The molecule has 0 fully saturated rings. The fourth-order valence-corrected chi connectivity index (χ4v) is 4.03. The van der Waals surface area contributed by atoms with E-state index < -0.39 is 0 Å². The summed E-state index contributed by atoms with van der Waals surface area (Å²) in [5.41, 5.74) is 0.940. The Morgan fingerprint density at radius 2 is 2.12 bits per heavy atom. The second-order valence-corrected chi connectivity index (χ2v) is 7.67. The highest BCUT2D eigenvalue weighted by atomic mass is 35.5. The molecule has 3 aromatic rings. The molecule has 2 heterocycles. The van der Waals surface area contributed by atoms with Crippen LogP contribution in [0.1, 0.15) is 35.0 Å². The molecule has 0 aliphatic carbocycles. The molecular weight excluding hydrogens is 393 g/mol. The molecule has 0 radical (unpaired) electrons. The van der Waals surface area contributed by atoms with E-state index in [0.29, 0.717) is 37.9 Å². The minimum absolute atomic E-state index is 0.114. The van der Waals surface area contributed by atoms with Gasteiger partial charge < -0.3 is 5.32 Å². The van der Waals surface area contributed by atoms with Crippen molar-refractivity contribution in [1.82, 2.24) is 9.55 Å². The van der Waals surface area contributed by atoms with E-state index in [2.05, 4.69) is 17.2 Å². The highest BCUT2D eigenvalue weighted by molar-refractivity contribution is 7.20. The van der Waals surface area contributed by atoms with E-state index in [1.807, 2.05) is 0 Å². The predicted molar refractivity (Wildman–Crippen MR) is 108 cm³/mol. The van der Waals surface area contributed by atoms with E-state index in [4.69, 9.17) is 23.2 Å². The van der Waals surface area contributed by atoms with Crippen LogP contribution in [-0.2, 0) is 6.54 Å². The maximum atomic E-state index is 12.7. The molecule has 1 N–H and O–H groups in total. The summed E-state index contributed by atoms with van der Waals surface area (Å²) in [5, 5.41) is 3.89. The first-order chi connectivity index (χ1) is 12.4. The molecule has 0 unspecified atom stereocenters. The largest absolute Gasteiger partial charge is 0.320 e. The second kappa shape index (κ2) is 7.78. The van der Waals surface area contributed by atoms with Crippen LogP contribution in [0.4, 0.5) is 5.69 Å². The molecule has 0 saturated heterocycles. The predicted octanol–water partition coefficient (Wildman–Crippen LogP) is 5.13. The highest BCUT2D eigenvalue weighted by Crippen LogP contribution is 2.32. The van der Waals surface area contributed by atoms with E-state index in [0.717, 1.165) is 12.8 Å². The van der Waals surface area contributed by atoms with Crippen LogP contribution in [0.2, 0.25) is 10.0 Å². The Labute approximate surface area is 164 Å². The monoisotopic (exact) mass is 409 g/mol. The number of carbonyl (C=O) groups excluding carboxylic acids is 1. The molecule has 0 saturated carbocycles. The molecule has 0 bridgehead atoms. The topological polar surface area (TPSA) is 64.0 Å². The number of halogens is 2. The van der Waals surface area contributed by atoms with Crippen molar-refractivity contribution in [2.75, 3.05) is 5.32 Å². The molecule has 1 amide bonds. The van der Waals surface area contributed by atoms with Gasteiger partial charge in [0.05, 0.1) is 32.3 Å². The van der Waals surface area contributed by atoms with E-state index in [1.54, 1.807) is 36.0 Å². The molecule has 0 aliphatic heterocycles. The molecule has 3 rings (SSSR count). The van der Waals surface area contributed by atoms with Crippen molar-refractivity contribution in [2.24, 2.45) is 0 Å². The Bertz CT molecular complexity index is 1040. The average Bonchev–Trinajstić information content (AvgIpc) is 2.96. The number of benzene rings is 1. The number of fused-ring (bicyclic) bond motifs is 1. The Balaban J connectivity index is 1.99. The first-order valence-electron chi connectivity index (χ1n) is 8.18. The van der Waals surface area contributed by atoms with Crippen LogP contribution >= 0.6 is 34.5 Å². The number of rotatable bonds is 5. The number of aromatic nitrogens is 2. The van der Waals surface area contributed by atoms with Gasteiger partial charge in [0.2, 0.25) is 0 Å². The molecule has 136 valence electrons. The molecule has 5 nitrogen and oxygen atoms in total. The van der Waals surface area contributed by atoms with E-state index >= 15 is 0 Å². The van der Waals surface area contributed by atoms with Gasteiger partial charge >= 0.3 is 0 Å². The van der Waals surface area contributed by atoms with Crippen LogP contribution in [0.3, 0.4) is 0 Å². The zero-order chi connectivity index (χ0) is 18.8. The first-order valence-corrected chi connectivity index (χ1v) is 9.75. The second-order valence-electron chi connectivity index (χ2n) is 5.89. The molecule has 0 aliphatic rings. The first kappa shape index (κ1) is 18.9. The maximum Gasteiger partial charge on any atom is 0.266 e. The smallest absolute Gasteiger partial charge is 0.266 e. The summed E-state index contributed by atoms with van der Waals surface area (Å²) in [6.07, 6.45) is 3.43. The number of carbonyl (C=O) groups is 1. The standard InChI is InChI=1S/C18H17Cl2N3O2S/c1-3-4-8-23-9-21-17-13(18(23)25)10(2)15(26-17)16(24)22-12-7-5-6-11(19)14(12)20/h5-7,9H,3-4,8H2,1-2H3,(H,22,24). The van der Waals surface area contributed by atoms with Crippen molar-refractivity contribution in [1.29, 1.82) is 0 Å². The van der Waals surface area contributed by atoms with Gasteiger partial charge in [-0.05, 0) is 31.0 Å². The summed E-state index contributed by atoms with van der Waals surface area (Å²) in [4.78, 5) is 30.8. The van der Waals surface area contributed by atoms with Gasteiger partial charge in [-0.2, -0.15) is 0 Å². The Kier molecular flexibility index (Phi) is 5.65. The quantitative estimate of drug-likeness (QED) is 0.635. The number of nitrogens with one attached hydrogen (secondary N) is 1. The number of unbranched alkanes of at least 4 members (excludes halogenated alkanes) is 1. The molecule has 2 aromatic heterocycles. The van der Waals surface area contributed by atoms with Gasteiger partial charge in [-0.1, -0.05) is 42.6 Å². The van der Waals surface area contributed by atoms with Crippen molar-refractivity contribution in [3.63, 3.8) is 0 Å². The van der Waals surface area contributed by atoms with Gasteiger partial charge in [0.1, 0.15) is 4.83 Å². The molecule has 8 heteroatoms. The Morgan fingerprint density at radius 1 is 1.35 bits per heavy atom. The van der Waals surface area contributed by atoms with E-state index in [-0.39, 0.29) is 16.5 Å². The molecule has 0 atom stereocenters. The summed E-state index contributed by atoms with van der Waals surface area (Å²) in [7, 11) is 0. The Morgan fingerprint density at radius 3 is 2.85 bits per heavy atom. The fourth-order valence-electron chi connectivity index (χ4n) is 2.64. The summed E-state index contributed by atoms with van der Waals surface area (Å²) < 4.78 is 1.60. The number of thiophene rings is 1. The van der Waals surface area contributed by atoms with Crippen LogP contribution in [0.25, 0.3) is 10.2 Å². The number of hydrogen-bond acceptors (Lipinski definition) is 4. The number of nitrogens with zero attached hydrogens (tertiary/aromatic N) is 2. The number of anilines is 1. The van der Waals surface area contributed by atoms with Gasteiger partial charge in [-0.15, -0.1) is 11.3 Å². The van der Waals surface area contributed by atoms with E-state index in [9.17, 15) is 9.59 Å². The Hall–Kier alpha value is -1.89. The minimum atomic E-state index is -0.339. The fraction of sp³-hybridized carbons (Fsp3) is 0.278. The van der Waals surface area contributed by atoms with Crippen LogP contribution in [0.5, 0.6) is 0 Å². The third-order valence-electron chi connectivity index (χ3n) is 4.08. The van der Waals surface area contributed by atoms with Gasteiger partial charge in [0.25, 0.3) is 11.5 Å². The zero-order valence-electron chi connectivity index (χ0n) is 14.3.